The maximum atomic E-state index is 13.0. The molecule has 9 heteroatoms. The van der Waals surface area contributed by atoms with Crippen LogP contribution < -0.4 is 21.0 Å². The molecule has 1 amide bonds. The number of aryl methyl sites for hydroxylation is 1. The van der Waals surface area contributed by atoms with Gasteiger partial charge in [-0.15, -0.1) is 0 Å². The molecule has 2 saturated heterocycles. The molecule has 2 aromatic rings. The third kappa shape index (κ3) is 5.26. The Kier molecular flexibility index (Phi) is 6.82. The first kappa shape index (κ1) is 22.5. The van der Waals surface area contributed by atoms with E-state index in [2.05, 4.69) is 37.1 Å². The molecule has 178 valence electrons. The predicted octanol–water partition coefficient (Wildman–Crippen LogP) is 1.88. The topological polar surface area (TPSA) is 104 Å². The van der Waals surface area contributed by atoms with Crippen LogP contribution in [0.2, 0.25) is 0 Å². The number of nitrogens with zero attached hydrogens (tertiary/aromatic N) is 4. The van der Waals surface area contributed by atoms with Crippen LogP contribution in [-0.2, 0) is 16.0 Å². The van der Waals surface area contributed by atoms with Crippen molar-refractivity contribution in [1.82, 2.24) is 20.6 Å². The number of rotatable bonds is 6. The average Bonchev–Trinajstić information content (AvgIpc) is 3.29. The molecule has 34 heavy (non-hydrogen) atoms. The third-order valence-corrected chi connectivity index (χ3v) is 6.39. The Balaban J connectivity index is 1.36. The number of hydrogen-bond acceptors (Lipinski definition) is 8. The summed E-state index contributed by atoms with van der Waals surface area (Å²) < 4.78 is 5.53. The van der Waals surface area contributed by atoms with E-state index in [1.807, 2.05) is 31.2 Å². The zero-order valence-corrected chi connectivity index (χ0v) is 19.5. The Morgan fingerprint density at radius 2 is 2.06 bits per heavy atom. The highest BCUT2D eigenvalue weighted by molar-refractivity contribution is 6.00. The van der Waals surface area contributed by atoms with Crippen LogP contribution in [-0.4, -0.2) is 67.5 Å². The quantitative estimate of drug-likeness (QED) is 0.446. The second-order valence-electron chi connectivity index (χ2n) is 8.96. The van der Waals surface area contributed by atoms with Gasteiger partial charge in [0.1, 0.15) is 5.82 Å². The molecule has 2 fully saturated rings. The van der Waals surface area contributed by atoms with E-state index >= 15 is 0 Å². The van der Waals surface area contributed by atoms with Crippen molar-refractivity contribution in [3.8, 4) is 0 Å². The average molecular weight is 462 g/mol. The van der Waals surface area contributed by atoms with Crippen molar-refractivity contribution >= 4 is 30.0 Å². The van der Waals surface area contributed by atoms with Gasteiger partial charge in [-0.2, -0.15) is 10.1 Å². The molecule has 0 spiro atoms. The number of benzene rings is 1. The number of ether oxygens (including phenoxy) is 1. The summed E-state index contributed by atoms with van der Waals surface area (Å²) in [7, 11) is 0. The van der Waals surface area contributed by atoms with Gasteiger partial charge in [0.2, 0.25) is 11.9 Å². The van der Waals surface area contributed by atoms with Crippen molar-refractivity contribution in [1.29, 1.82) is 0 Å². The highest BCUT2D eigenvalue weighted by Crippen LogP contribution is 2.32. The molecule has 3 N–H and O–H groups in total. The Labute approximate surface area is 199 Å². The number of amides is 1. The van der Waals surface area contributed by atoms with Crippen LogP contribution in [0.3, 0.4) is 0 Å². The first-order chi connectivity index (χ1) is 16.7. The predicted molar refractivity (Wildman–Crippen MR) is 133 cm³/mol. The molecule has 3 aliphatic rings. The van der Waals surface area contributed by atoms with Crippen LogP contribution >= 0.6 is 0 Å². The molecule has 0 bridgehead atoms. The number of morpholine rings is 1. The van der Waals surface area contributed by atoms with Crippen molar-refractivity contribution in [2.45, 2.75) is 32.2 Å². The normalized spacial score (nSPS) is 18.6. The summed E-state index contributed by atoms with van der Waals surface area (Å²) in [6.45, 7) is 6.75. The molecule has 3 heterocycles. The van der Waals surface area contributed by atoms with Crippen LogP contribution in [0, 0.1) is 6.92 Å². The number of nitrogens with one attached hydrogen (secondary N) is 3. The second kappa shape index (κ2) is 10.3. The van der Waals surface area contributed by atoms with Gasteiger partial charge >= 0.3 is 0 Å². The van der Waals surface area contributed by atoms with E-state index in [-0.39, 0.29) is 11.9 Å². The summed E-state index contributed by atoms with van der Waals surface area (Å²) in [6.07, 6.45) is 6.10. The van der Waals surface area contributed by atoms with Crippen LogP contribution in [0.1, 0.15) is 35.2 Å². The standard InChI is InChI=1S/C25H31N7O2/c1-17-3-2-4-18(13-17)16-27-31-25-29-22-15-19(24(33)28-20-5-7-26-8-6-20)14-21(22)23(30-25)32-9-11-34-12-10-32/h2-4,13,15-16,20,26H,5-12,14H2,1H3,(H,28,33)(H,29,30,31)/b27-16+. The highest BCUT2D eigenvalue weighted by Gasteiger charge is 2.28. The Bertz CT molecular complexity index is 1100. The summed E-state index contributed by atoms with van der Waals surface area (Å²) in [5, 5.41) is 10.9. The molecule has 0 saturated carbocycles. The monoisotopic (exact) mass is 461 g/mol. The fourth-order valence-corrected chi connectivity index (χ4v) is 4.58. The van der Waals surface area contributed by atoms with Crippen molar-refractivity contribution in [3.05, 3.63) is 52.2 Å². The molecule has 0 unspecified atom stereocenters. The molecular weight excluding hydrogens is 430 g/mol. The molecule has 5 rings (SSSR count). The molecule has 0 atom stereocenters. The van der Waals surface area contributed by atoms with Crippen molar-refractivity contribution in [2.24, 2.45) is 5.10 Å². The molecule has 2 aliphatic heterocycles. The Morgan fingerprint density at radius 3 is 2.85 bits per heavy atom. The summed E-state index contributed by atoms with van der Waals surface area (Å²) in [5.41, 5.74) is 7.66. The molecule has 1 aliphatic carbocycles. The fourth-order valence-electron chi connectivity index (χ4n) is 4.58. The van der Waals surface area contributed by atoms with E-state index in [4.69, 9.17) is 9.72 Å². The minimum absolute atomic E-state index is 0.00944. The van der Waals surface area contributed by atoms with Gasteiger partial charge in [-0.05, 0) is 44.5 Å². The lowest BCUT2D eigenvalue weighted by atomic mass is 10.1. The Hall–Kier alpha value is -3.30. The minimum atomic E-state index is -0.00944. The zero-order chi connectivity index (χ0) is 23.3. The van der Waals surface area contributed by atoms with E-state index < -0.39 is 0 Å². The fraction of sp³-hybridized carbons (Fsp3) is 0.440. The summed E-state index contributed by atoms with van der Waals surface area (Å²) in [6, 6.07) is 8.33. The first-order valence-electron chi connectivity index (χ1n) is 12.0. The minimum Gasteiger partial charge on any atom is -0.378 e. The summed E-state index contributed by atoms with van der Waals surface area (Å²) >= 11 is 0. The molecule has 0 radical (unpaired) electrons. The summed E-state index contributed by atoms with van der Waals surface area (Å²) in [5.74, 6) is 1.26. The van der Waals surface area contributed by atoms with Gasteiger partial charge < -0.3 is 20.3 Å². The van der Waals surface area contributed by atoms with Gasteiger partial charge in [0.25, 0.3) is 0 Å². The van der Waals surface area contributed by atoms with E-state index in [0.717, 1.165) is 67.2 Å². The van der Waals surface area contributed by atoms with E-state index in [9.17, 15) is 4.79 Å². The maximum absolute atomic E-state index is 13.0. The summed E-state index contributed by atoms with van der Waals surface area (Å²) in [4.78, 5) is 24.7. The van der Waals surface area contributed by atoms with Gasteiger partial charge in [-0.25, -0.2) is 10.4 Å². The number of carbonyl (C=O) groups is 1. The second-order valence-corrected chi connectivity index (χ2v) is 8.96. The number of anilines is 2. The van der Waals surface area contributed by atoms with Gasteiger partial charge in [0.15, 0.2) is 0 Å². The largest absolute Gasteiger partial charge is 0.378 e. The Morgan fingerprint density at radius 1 is 1.24 bits per heavy atom. The van der Waals surface area contributed by atoms with Crippen LogP contribution in [0.4, 0.5) is 11.8 Å². The number of hydrogen-bond donors (Lipinski definition) is 3. The number of aromatic nitrogens is 2. The smallest absolute Gasteiger partial charge is 0.247 e. The van der Waals surface area contributed by atoms with Gasteiger partial charge in [-0.3, -0.25) is 4.79 Å². The van der Waals surface area contributed by atoms with Crippen LogP contribution in [0.25, 0.3) is 6.08 Å². The molecular formula is C25H31N7O2. The van der Waals surface area contributed by atoms with Crippen LogP contribution in [0.5, 0.6) is 0 Å². The molecule has 1 aromatic carbocycles. The van der Waals surface area contributed by atoms with E-state index in [1.165, 1.54) is 5.56 Å². The lowest BCUT2D eigenvalue weighted by molar-refractivity contribution is -0.118. The number of hydrazone groups is 1. The van der Waals surface area contributed by atoms with Crippen molar-refractivity contribution in [2.75, 3.05) is 49.7 Å². The molecule has 1 aromatic heterocycles. The number of carbonyl (C=O) groups excluding carboxylic acids is 1. The third-order valence-electron chi connectivity index (χ3n) is 6.39. The van der Waals surface area contributed by atoms with Crippen molar-refractivity contribution < 1.29 is 9.53 Å². The zero-order valence-electron chi connectivity index (χ0n) is 19.5. The molecule has 9 nitrogen and oxygen atoms in total. The van der Waals surface area contributed by atoms with E-state index in [1.54, 1.807) is 6.21 Å². The number of piperidine rings is 1. The SMILES string of the molecule is Cc1cccc(/C=N/Nc2nc3c(c(N4CCOCC4)n2)CC(C(=O)NC2CCNCC2)=C3)c1. The lowest BCUT2D eigenvalue weighted by Crippen LogP contribution is -2.43. The van der Waals surface area contributed by atoms with Gasteiger partial charge in [-0.1, -0.05) is 29.8 Å². The number of fused-ring (bicyclic) bond motifs is 1. The lowest BCUT2D eigenvalue weighted by Gasteiger charge is -2.29. The maximum Gasteiger partial charge on any atom is 0.247 e. The first-order valence-corrected chi connectivity index (χ1v) is 12.0. The van der Waals surface area contributed by atoms with E-state index in [0.29, 0.717) is 25.6 Å². The van der Waals surface area contributed by atoms with Gasteiger partial charge in [0, 0.05) is 36.7 Å². The van der Waals surface area contributed by atoms with Crippen LogP contribution in [0.15, 0.2) is 34.9 Å². The highest BCUT2D eigenvalue weighted by atomic mass is 16.5. The van der Waals surface area contributed by atoms with Crippen molar-refractivity contribution in [3.63, 3.8) is 0 Å². The van der Waals surface area contributed by atoms with Gasteiger partial charge in [0.05, 0.1) is 25.1 Å².